The summed E-state index contributed by atoms with van der Waals surface area (Å²) in [7, 11) is 0. The molecule has 0 amide bonds. The number of rotatable bonds is 4. The lowest BCUT2D eigenvalue weighted by atomic mass is 9.89. The van der Waals surface area contributed by atoms with Crippen molar-refractivity contribution in [2.45, 2.75) is 56.9 Å². The predicted molar refractivity (Wildman–Crippen MR) is 61.2 cm³/mol. The Hall–Kier alpha value is -0.160. The molecule has 0 radical (unpaired) electrons. The summed E-state index contributed by atoms with van der Waals surface area (Å²) in [5.74, 6) is -0.252. The quantitative estimate of drug-likeness (QED) is 0.756. The molecule has 4 heteroatoms. The molecule has 2 N–H and O–H groups in total. The van der Waals surface area contributed by atoms with Crippen molar-refractivity contribution in [1.82, 2.24) is 5.32 Å². The zero-order valence-electron chi connectivity index (χ0n) is 10.1. The van der Waals surface area contributed by atoms with Crippen molar-refractivity contribution in [2.24, 2.45) is 0 Å². The van der Waals surface area contributed by atoms with Crippen LogP contribution in [0.25, 0.3) is 0 Å². The Balaban J connectivity index is 1.72. The maximum Gasteiger partial charge on any atom is 0.168 e. The maximum atomic E-state index is 8.85. The van der Waals surface area contributed by atoms with E-state index in [1.807, 2.05) is 0 Å². The highest BCUT2D eigenvalue weighted by Crippen LogP contribution is 2.35. The standard InChI is InChI=1S/C12H23NO3/c1-10(4-7-14)13-11-2-5-12(6-3-11)15-8-9-16-12/h10-11,13-14H,2-9H2,1H3. The number of ether oxygens (including phenoxy) is 2. The number of hydrogen-bond acceptors (Lipinski definition) is 4. The van der Waals surface area contributed by atoms with E-state index in [9.17, 15) is 0 Å². The Bertz CT molecular complexity index is 206. The van der Waals surface area contributed by atoms with E-state index in [-0.39, 0.29) is 12.4 Å². The van der Waals surface area contributed by atoms with Crippen LogP contribution in [0, 0.1) is 0 Å². The minimum atomic E-state index is -0.252. The van der Waals surface area contributed by atoms with Crippen LogP contribution in [0.4, 0.5) is 0 Å². The Kier molecular flexibility index (Phi) is 4.19. The van der Waals surface area contributed by atoms with Crippen molar-refractivity contribution in [3.05, 3.63) is 0 Å². The lowest BCUT2D eigenvalue weighted by Gasteiger charge is -2.36. The summed E-state index contributed by atoms with van der Waals surface area (Å²) in [6.07, 6.45) is 5.03. The van der Waals surface area contributed by atoms with E-state index in [2.05, 4.69) is 12.2 Å². The molecule has 94 valence electrons. The summed E-state index contributed by atoms with van der Waals surface area (Å²) >= 11 is 0. The Morgan fingerprint density at radius 1 is 1.31 bits per heavy atom. The molecule has 2 rings (SSSR count). The first kappa shape index (κ1) is 12.3. The largest absolute Gasteiger partial charge is 0.396 e. The summed E-state index contributed by atoms with van der Waals surface area (Å²) in [5, 5.41) is 12.4. The second-order valence-corrected chi connectivity index (χ2v) is 4.96. The molecule has 2 aliphatic rings. The summed E-state index contributed by atoms with van der Waals surface area (Å²) in [6.45, 7) is 3.89. The van der Waals surface area contributed by atoms with Crippen molar-refractivity contribution in [3.8, 4) is 0 Å². The van der Waals surface area contributed by atoms with Gasteiger partial charge in [-0.05, 0) is 26.2 Å². The Labute approximate surface area is 97.3 Å². The molecule has 16 heavy (non-hydrogen) atoms. The van der Waals surface area contributed by atoms with Gasteiger partial charge in [-0.1, -0.05) is 0 Å². The molecular formula is C12H23NO3. The molecule has 1 saturated heterocycles. The first-order chi connectivity index (χ1) is 7.74. The summed E-state index contributed by atoms with van der Waals surface area (Å²) in [5.41, 5.74) is 0. The molecule has 0 bridgehead atoms. The van der Waals surface area contributed by atoms with Gasteiger partial charge < -0.3 is 19.9 Å². The van der Waals surface area contributed by atoms with Crippen LogP contribution in [-0.4, -0.2) is 42.8 Å². The lowest BCUT2D eigenvalue weighted by molar-refractivity contribution is -0.179. The van der Waals surface area contributed by atoms with Crippen LogP contribution >= 0.6 is 0 Å². The molecule has 1 spiro atoms. The first-order valence-corrected chi connectivity index (χ1v) is 6.39. The van der Waals surface area contributed by atoms with E-state index < -0.39 is 0 Å². The molecule has 1 heterocycles. The topological polar surface area (TPSA) is 50.7 Å². The van der Waals surface area contributed by atoms with Crippen molar-refractivity contribution >= 4 is 0 Å². The average Bonchev–Trinajstić information content (AvgIpc) is 2.71. The number of hydrogen-bond donors (Lipinski definition) is 2. The molecule has 0 aromatic heterocycles. The van der Waals surface area contributed by atoms with Crippen LogP contribution in [0.5, 0.6) is 0 Å². The third kappa shape index (κ3) is 2.94. The van der Waals surface area contributed by atoms with Gasteiger partial charge in [-0.3, -0.25) is 0 Å². The SMILES string of the molecule is CC(CCO)NC1CCC2(CC1)OCCO2. The molecule has 1 unspecified atom stereocenters. The van der Waals surface area contributed by atoms with E-state index >= 15 is 0 Å². The fraction of sp³-hybridized carbons (Fsp3) is 1.00. The van der Waals surface area contributed by atoms with E-state index in [0.29, 0.717) is 12.1 Å². The van der Waals surface area contributed by atoms with Crippen LogP contribution in [0.3, 0.4) is 0 Å². The van der Waals surface area contributed by atoms with Gasteiger partial charge in [0.05, 0.1) is 13.2 Å². The van der Waals surface area contributed by atoms with E-state index in [4.69, 9.17) is 14.6 Å². The van der Waals surface area contributed by atoms with Gasteiger partial charge in [-0.15, -0.1) is 0 Å². The van der Waals surface area contributed by atoms with E-state index in [1.165, 1.54) is 0 Å². The maximum absolute atomic E-state index is 8.85. The van der Waals surface area contributed by atoms with Crippen LogP contribution in [-0.2, 0) is 9.47 Å². The summed E-state index contributed by atoms with van der Waals surface area (Å²) in [4.78, 5) is 0. The molecular weight excluding hydrogens is 206 g/mol. The van der Waals surface area contributed by atoms with E-state index in [0.717, 1.165) is 45.3 Å². The molecule has 1 atom stereocenters. The van der Waals surface area contributed by atoms with Crippen LogP contribution in [0.15, 0.2) is 0 Å². The van der Waals surface area contributed by atoms with Crippen molar-refractivity contribution in [2.75, 3.05) is 19.8 Å². The highest BCUT2D eigenvalue weighted by atomic mass is 16.7. The summed E-state index contributed by atoms with van der Waals surface area (Å²) < 4.78 is 11.4. The fourth-order valence-electron chi connectivity index (χ4n) is 2.69. The van der Waals surface area contributed by atoms with Crippen molar-refractivity contribution in [3.63, 3.8) is 0 Å². The predicted octanol–water partition coefficient (Wildman–Crippen LogP) is 1.03. The molecule has 0 aromatic carbocycles. The number of aliphatic hydroxyl groups is 1. The minimum Gasteiger partial charge on any atom is -0.396 e. The monoisotopic (exact) mass is 229 g/mol. The molecule has 1 saturated carbocycles. The third-order valence-corrected chi connectivity index (χ3v) is 3.64. The molecule has 2 fully saturated rings. The van der Waals surface area contributed by atoms with Crippen LogP contribution < -0.4 is 5.32 Å². The zero-order chi connectivity index (χ0) is 11.4. The van der Waals surface area contributed by atoms with Gasteiger partial charge in [-0.2, -0.15) is 0 Å². The van der Waals surface area contributed by atoms with Crippen LogP contribution in [0.1, 0.15) is 39.0 Å². The minimum absolute atomic E-state index is 0.252. The molecule has 4 nitrogen and oxygen atoms in total. The van der Waals surface area contributed by atoms with Crippen molar-refractivity contribution in [1.29, 1.82) is 0 Å². The van der Waals surface area contributed by atoms with Gasteiger partial charge in [0, 0.05) is 31.5 Å². The molecule has 1 aliphatic heterocycles. The first-order valence-electron chi connectivity index (χ1n) is 6.39. The zero-order valence-corrected chi connectivity index (χ0v) is 10.1. The van der Waals surface area contributed by atoms with E-state index in [1.54, 1.807) is 0 Å². The average molecular weight is 229 g/mol. The summed E-state index contributed by atoms with van der Waals surface area (Å²) in [6, 6.07) is 0.953. The van der Waals surface area contributed by atoms with Crippen LogP contribution in [0.2, 0.25) is 0 Å². The highest BCUT2D eigenvalue weighted by molar-refractivity contribution is 4.86. The van der Waals surface area contributed by atoms with Gasteiger partial charge in [-0.25, -0.2) is 0 Å². The van der Waals surface area contributed by atoms with Crippen molar-refractivity contribution < 1.29 is 14.6 Å². The van der Waals surface area contributed by atoms with Gasteiger partial charge in [0.1, 0.15) is 0 Å². The lowest BCUT2D eigenvalue weighted by Crippen LogP contribution is -2.44. The number of nitrogens with one attached hydrogen (secondary N) is 1. The van der Waals surface area contributed by atoms with Gasteiger partial charge in [0.25, 0.3) is 0 Å². The van der Waals surface area contributed by atoms with Gasteiger partial charge >= 0.3 is 0 Å². The van der Waals surface area contributed by atoms with Gasteiger partial charge in [0.2, 0.25) is 0 Å². The fourth-order valence-corrected chi connectivity index (χ4v) is 2.69. The normalized spacial score (nSPS) is 27.4. The highest BCUT2D eigenvalue weighted by Gasteiger charge is 2.40. The molecule has 0 aromatic rings. The second kappa shape index (κ2) is 5.45. The number of aliphatic hydroxyl groups excluding tert-OH is 1. The third-order valence-electron chi connectivity index (χ3n) is 3.64. The Morgan fingerprint density at radius 3 is 2.50 bits per heavy atom. The molecule has 1 aliphatic carbocycles. The second-order valence-electron chi connectivity index (χ2n) is 4.96. The van der Waals surface area contributed by atoms with Gasteiger partial charge in [0.15, 0.2) is 5.79 Å². The smallest absolute Gasteiger partial charge is 0.168 e. The Morgan fingerprint density at radius 2 is 1.94 bits per heavy atom.